The molecule has 13 heteroatoms. The fraction of sp³-hybridized carbons (Fsp3) is 0.375. The Hall–Kier alpha value is -3.35. The number of aliphatic hydroxyl groups is 1. The molecule has 0 aliphatic carbocycles. The lowest BCUT2D eigenvalue weighted by Gasteiger charge is -2.29. The number of fused-ring (bicyclic) bond motifs is 2. The largest absolute Gasteiger partial charge is 0.393 e. The summed E-state index contributed by atoms with van der Waals surface area (Å²) >= 11 is 15.0. The number of carbonyl (C=O) groups is 1. The Labute approximate surface area is 273 Å². The maximum Gasteiger partial charge on any atom is 0.255 e. The molecule has 9 nitrogen and oxygen atoms in total. The number of rotatable bonds is 9. The molecule has 0 radical (unpaired) electrons. The molecule has 1 amide bonds. The van der Waals surface area contributed by atoms with Crippen molar-refractivity contribution in [1.82, 2.24) is 29.3 Å². The van der Waals surface area contributed by atoms with Gasteiger partial charge in [-0.15, -0.1) is 16.4 Å². The van der Waals surface area contributed by atoms with E-state index in [-0.39, 0.29) is 31.4 Å². The van der Waals surface area contributed by atoms with E-state index in [1.165, 1.54) is 26.7 Å². The number of hydrogen-bond donors (Lipinski definition) is 1. The minimum absolute atomic E-state index is 0.0366. The van der Waals surface area contributed by atoms with E-state index in [1.54, 1.807) is 28.7 Å². The number of amides is 1. The van der Waals surface area contributed by atoms with Crippen LogP contribution < -0.4 is 5.01 Å². The average Bonchev–Trinajstić information content (AvgIpc) is 3.84. The van der Waals surface area contributed by atoms with Crippen LogP contribution >= 0.6 is 34.5 Å². The summed E-state index contributed by atoms with van der Waals surface area (Å²) < 4.78 is 15.8. The van der Waals surface area contributed by atoms with Crippen molar-refractivity contribution in [2.45, 2.75) is 57.3 Å². The number of thiazole rings is 1. The first-order valence-electron chi connectivity index (χ1n) is 15.1. The van der Waals surface area contributed by atoms with Crippen molar-refractivity contribution in [2.75, 3.05) is 24.6 Å². The van der Waals surface area contributed by atoms with Crippen LogP contribution in [0.5, 0.6) is 0 Å². The summed E-state index contributed by atoms with van der Waals surface area (Å²) in [5, 5.41) is 19.5. The number of piperidine rings is 1. The Morgan fingerprint density at radius 1 is 1.16 bits per heavy atom. The maximum absolute atomic E-state index is 14.0. The van der Waals surface area contributed by atoms with E-state index >= 15 is 0 Å². The number of hydrogen-bond acceptors (Lipinski definition) is 7. The number of nitrogens with zero attached hydrogens (tertiary/aromatic N) is 7. The molecule has 0 saturated carbocycles. The average molecular weight is 669 g/mol. The van der Waals surface area contributed by atoms with Gasteiger partial charge in [0.2, 0.25) is 5.13 Å². The highest BCUT2D eigenvalue weighted by Crippen LogP contribution is 2.38. The first kappa shape index (κ1) is 30.3. The predicted molar refractivity (Wildman–Crippen MR) is 175 cm³/mol. The fourth-order valence-electron chi connectivity index (χ4n) is 6.23. The number of aliphatic hydroxyl groups excluding tert-OH is 1. The Kier molecular flexibility index (Phi) is 8.62. The molecule has 0 unspecified atom stereocenters. The van der Waals surface area contributed by atoms with Crippen LogP contribution in [0.3, 0.4) is 0 Å². The first-order chi connectivity index (χ1) is 21.8. The van der Waals surface area contributed by atoms with E-state index in [2.05, 4.69) is 27.0 Å². The summed E-state index contributed by atoms with van der Waals surface area (Å²) in [6.07, 6.45) is 7.69. The van der Waals surface area contributed by atoms with E-state index in [1.807, 2.05) is 18.2 Å². The number of aromatic nitrogens is 5. The Balaban J connectivity index is 1.12. The quantitative estimate of drug-likeness (QED) is 0.208. The molecule has 0 bridgehead atoms. The van der Waals surface area contributed by atoms with Crippen LogP contribution in [0.2, 0.25) is 10.0 Å². The zero-order valence-corrected chi connectivity index (χ0v) is 26.8. The molecule has 45 heavy (non-hydrogen) atoms. The van der Waals surface area contributed by atoms with Gasteiger partial charge in [-0.1, -0.05) is 47.5 Å². The van der Waals surface area contributed by atoms with E-state index in [9.17, 15) is 14.3 Å². The van der Waals surface area contributed by atoms with Gasteiger partial charge >= 0.3 is 0 Å². The van der Waals surface area contributed by atoms with Crippen molar-refractivity contribution in [2.24, 2.45) is 0 Å². The number of anilines is 1. The van der Waals surface area contributed by atoms with Gasteiger partial charge in [-0.25, -0.2) is 14.4 Å². The number of imidazole rings is 1. The molecule has 2 aliphatic rings. The van der Waals surface area contributed by atoms with Crippen molar-refractivity contribution in [3.63, 3.8) is 0 Å². The van der Waals surface area contributed by atoms with E-state index in [4.69, 9.17) is 28.3 Å². The molecule has 1 N–H and O–H groups in total. The zero-order valence-electron chi connectivity index (χ0n) is 24.5. The number of benzene rings is 2. The van der Waals surface area contributed by atoms with Gasteiger partial charge in [0.15, 0.2) is 0 Å². The van der Waals surface area contributed by atoms with E-state index < -0.39 is 6.17 Å². The Morgan fingerprint density at radius 3 is 2.71 bits per heavy atom. The van der Waals surface area contributed by atoms with Gasteiger partial charge in [0.1, 0.15) is 11.7 Å². The minimum atomic E-state index is -0.973. The summed E-state index contributed by atoms with van der Waals surface area (Å²) in [6.45, 7) is 3.20. The first-order valence-corrected chi connectivity index (χ1v) is 16.7. The van der Waals surface area contributed by atoms with Crippen LogP contribution in [-0.4, -0.2) is 72.2 Å². The van der Waals surface area contributed by atoms with E-state index in [0.29, 0.717) is 31.8 Å². The molecule has 2 aliphatic heterocycles. The van der Waals surface area contributed by atoms with Gasteiger partial charge in [-0.3, -0.25) is 4.79 Å². The molecular weight excluding hydrogens is 636 g/mol. The summed E-state index contributed by atoms with van der Waals surface area (Å²) in [7, 11) is 0. The molecule has 1 atom stereocenters. The van der Waals surface area contributed by atoms with Crippen LogP contribution in [0.15, 0.2) is 54.4 Å². The third-order valence-corrected chi connectivity index (χ3v) is 10.1. The van der Waals surface area contributed by atoms with Crippen LogP contribution in [0.4, 0.5) is 9.52 Å². The highest BCUT2D eigenvalue weighted by Gasteiger charge is 2.29. The molecule has 3 aromatic heterocycles. The summed E-state index contributed by atoms with van der Waals surface area (Å²) in [5.41, 5.74) is 4.66. The molecule has 0 spiro atoms. The number of carbonyl (C=O) groups excluding carboxylic acids is 1. The smallest absolute Gasteiger partial charge is 0.255 e. The predicted octanol–water partition coefficient (Wildman–Crippen LogP) is 5.99. The van der Waals surface area contributed by atoms with Gasteiger partial charge in [0.05, 0.1) is 47.3 Å². The van der Waals surface area contributed by atoms with Crippen molar-refractivity contribution < 1.29 is 14.3 Å². The molecule has 234 valence electrons. The lowest BCUT2D eigenvalue weighted by molar-refractivity contribution is -0.118. The molecule has 5 aromatic rings. The third-order valence-electron chi connectivity index (χ3n) is 8.64. The summed E-state index contributed by atoms with van der Waals surface area (Å²) in [4.78, 5) is 26.3. The minimum Gasteiger partial charge on any atom is -0.393 e. The standard InChI is InChI=1S/C32H32Cl2FN7O2S/c33-26-15-24(21-5-3-20(4-6-21)2-1-10-39-11-7-23(43)8-12-39)30(34)31-25(26)18-41(38-31)42(32-36-9-13-45-32)29(44)16-27-28-14-22(35)17-40(28)19-37-27/h3-6,9,13,15,18-19,22-23,43H,1-2,7-8,10-12,14,16-17H2/t22-/m1/s1. The Morgan fingerprint density at radius 2 is 1.96 bits per heavy atom. The van der Waals surface area contributed by atoms with Gasteiger partial charge in [-0.2, -0.15) is 9.80 Å². The second kappa shape index (κ2) is 12.8. The van der Waals surface area contributed by atoms with Gasteiger partial charge < -0.3 is 14.6 Å². The van der Waals surface area contributed by atoms with Crippen LogP contribution in [0.25, 0.3) is 22.0 Å². The molecule has 1 fully saturated rings. The number of aryl methyl sites for hydroxylation is 1. The van der Waals surface area contributed by atoms with Crippen molar-refractivity contribution >= 4 is 56.5 Å². The second-order valence-corrected chi connectivity index (χ2v) is 13.4. The monoisotopic (exact) mass is 667 g/mol. The number of likely N-dealkylation sites (tertiary alicyclic amines) is 1. The Bertz CT molecular complexity index is 1820. The van der Waals surface area contributed by atoms with Crippen LogP contribution in [-0.2, 0) is 30.6 Å². The topological polar surface area (TPSA) is 92.3 Å². The highest BCUT2D eigenvalue weighted by molar-refractivity contribution is 7.13. The van der Waals surface area contributed by atoms with Crippen molar-refractivity contribution in [1.29, 1.82) is 0 Å². The fourth-order valence-corrected chi connectivity index (χ4v) is 7.43. The highest BCUT2D eigenvalue weighted by atomic mass is 35.5. The summed E-state index contributed by atoms with van der Waals surface area (Å²) in [6, 6.07) is 10.1. The second-order valence-electron chi connectivity index (χ2n) is 11.7. The molecule has 1 saturated heterocycles. The van der Waals surface area contributed by atoms with Gasteiger partial charge in [0, 0.05) is 47.7 Å². The molecular formula is C32H32Cl2FN7O2S. The third kappa shape index (κ3) is 6.24. The van der Waals surface area contributed by atoms with Crippen LogP contribution in [0, 0.1) is 0 Å². The van der Waals surface area contributed by atoms with Crippen LogP contribution in [0.1, 0.15) is 36.2 Å². The SMILES string of the molecule is O=C(Cc1ncn2c1C[C@@H](F)C2)N(c1nccs1)n1cc2c(Cl)cc(-c3ccc(CCCN4CCC(O)CC4)cc3)c(Cl)c2n1. The summed E-state index contributed by atoms with van der Waals surface area (Å²) in [5.74, 6) is -0.317. The molecule has 5 heterocycles. The lowest BCUT2D eigenvalue weighted by atomic mass is 10.0. The maximum atomic E-state index is 14.0. The molecule has 7 rings (SSSR count). The van der Waals surface area contributed by atoms with Crippen molar-refractivity contribution in [3.05, 3.63) is 81.4 Å². The van der Waals surface area contributed by atoms with Gasteiger partial charge in [0.25, 0.3) is 5.91 Å². The lowest BCUT2D eigenvalue weighted by Crippen LogP contribution is -2.37. The van der Waals surface area contributed by atoms with E-state index in [0.717, 1.165) is 62.1 Å². The number of halogens is 3. The zero-order chi connectivity index (χ0) is 31.1. The number of alkyl halides is 1. The normalized spacial score (nSPS) is 17.3. The molecule has 2 aromatic carbocycles. The van der Waals surface area contributed by atoms with Gasteiger partial charge in [-0.05, 0) is 49.4 Å². The van der Waals surface area contributed by atoms with Crippen molar-refractivity contribution in [3.8, 4) is 11.1 Å².